The van der Waals surface area contributed by atoms with E-state index in [1.54, 1.807) is 0 Å². The van der Waals surface area contributed by atoms with Crippen molar-refractivity contribution in [2.45, 2.75) is 32.1 Å². The van der Waals surface area contributed by atoms with Crippen molar-refractivity contribution < 1.29 is 37.4 Å². The Labute approximate surface area is 176 Å². The number of rotatable bonds is 1. The molecule has 0 saturated heterocycles. The van der Waals surface area contributed by atoms with Gasteiger partial charge in [0.1, 0.15) is 6.61 Å². The van der Waals surface area contributed by atoms with Crippen molar-refractivity contribution in [2.75, 3.05) is 5.32 Å². The summed E-state index contributed by atoms with van der Waals surface area (Å²) in [5.74, 6) is -7.65. The van der Waals surface area contributed by atoms with E-state index in [2.05, 4.69) is 5.32 Å². The summed E-state index contributed by atoms with van der Waals surface area (Å²) < 4.78 is 47.5. The molecule has 1 aromatic carbocycles. The fourth-order valence-corrected chi connectivity index (χ4v) is 4.33. The Bertz CT molecular complexity index is 1390. The summed E-state index contributed by atoms with van der Waals surface area (Å²) in [6.45, 7) is 0.689. The first-order valence-corrected chi connectivity index (χ1v) is 9.54. The number of benzene rings is 1. The van der Waals surface area contributed by atoms with Gasteiger partial charge in [0.15, 0.2) is 23.1 Å². The molecule has 164 valence electrons. The molecule has 5 rings (SSSR count). The van der Waals surface area contributed by atoms with Gasteiger partial charge in [0, 0.05) is 16.7 Å². The van der Waals surface area contributed by atoms with E-state index in [-0.39, 0.29) is 40.0 Å². The lowest BCUT2D eigenvalue weighted by Crippen LogP contribution is -2.44. The second kappa shape index (κ2) is 6.39. The zero-order chi connectivity index (χ0) is 23.1. The van der Waals surface area contributed by atoms with Crippen molar-refractivity contribution in [3.05, 3.63) is 67.9 Å². The molecule has 0 spiro atoms. The van der Waals surface area contributed by atoms with Gasteiger partial charge >= 0.3 is 5.97 Å². The van der Waals surface area contributed by atoms with Gasteiger partial charge in [-0.15, -0.1) is 0 Å². The number of anilines is 1. The summed E-state index contributed by atoms with van der Waals surface area (Å²) in [5.41, 5.74) is -4.71. The average molecular weight is 446 g/mol. The number of aliphatic hydroxyl groups is 1. The number of allylic oxidation sites excluding steroid dienone is 1. The monoisotopic (exact) mass is 446 g/mol. The molecule has 4 heterocycles. The van der Waals surface area contributed by atoms with E-state index in [1.807, 2.05) is 0 Å². The van der Waals surface area contributed by atoms with Crippen LogP contribution in [0.5, 0.6) is 0 Å². The van der Waals surface area contributed by atoms with Crippen LogP contribution in [-0.2, 0) is 33.1 Å². The Morgan fingerprint density at radius 1 is 1.16 bits per heavy atom. The zero-order valence-corrected chi connectivity index (χ0v) is 16.3. The van der Waals surface area contributed by atoms with Crippen molar-refractivity contribution in [2.24, 2.45) is 0 Å². The van der Waals surface area contributed by atoms with Crippen molar-refractivity contribution in [1.29, 1.82) is 0 Å². The number of nitrogens with one attached hydrogen (secondary N) is 1. The molecule has 2 N–H and O–H groups in total. The smallest absolute Gasteiger partial charge is 0.343 e. The van der Waals surface area contributed by atoms with Crippen LogP contribution in [0.15, 0.2) is 22.5 Å². The van der Waals surface area contributed by atoms with Crippen LogP contribution in [0.4, 0.5) is 18.9 Å². The Balaban J connectivity index is 1.74. The molecule has 0 unspecified atom stereocenters. The maximum atomic E-state index is 14.1. The number of cyclic esters (lactones) is 1. The fraction of sp³-hybridized carbons (Fsp3) is 0.238. The third kappa shape index (κ3) is 2.36. The molecule has 0 aliphatic carbocycles. The van der Waals surface area contributed by atoms with Crippen LogP contribution in [0.25, 0.3) is 5.57 Å². The number of halogens is 3. The number of fused-ring (bicyclic) bond motifs is 3. The van der Waals surface area contributed by atoms with Gasteiger partial charge in [-0.3, -0.25) is 14.4 Å². The molecule has 32 heavy (non-hydrogen) atoms. The van der Waals surface area contributed by atoms with Gasteiger partial charge in [-0.1, -0.05) is 6.92 Å². The van der Waals surface area contributed by atoms with Gasteiger partial charge in [-0.2, -0.15) is 0 Å². The molecular formula is C21H13F3N2O6. The molecule has 0 bridgehead atoms. The lowest BCUT2D eigenvalue weighted by molar-refractivity contribution is -0.172. The first-order chi connectivity index (χ1) is 15.1. The number of amides is 1. The summed E-state index contributed by atoms with van der Waals surface area (Å²) in [6, 6.07) is 1.79. The molecular weight excluding hydrogens is 433 g/mol. The van der Waals surface area contributed by atoms with Gasteiger partial charge in [-0.25, -0.2) is 18.0 Å². The van der Waals surface area contributed by atoms with E-state index in [1.165, 1.54) is 13.0 Å². The SMILES string of the molecule is CC[C@]1(O)C(=O)OCc2c1cc1n(c2=O)C/C(=C2\C(=O)Nc3c2cc(F)c(F)c3F)C1=O. The highest BCUT2D eigenvalue weighted by molar-refractivity contribution is 6.37. The lowest BCUT2D eigenvalue weighted by Gasteiger charge is -2.31. The van der Waals surface area contributed by atoms with E-state index in [0.29, 0.717) is 6.07 Å². The molecule has 3 aliphatic rings. The largest absolute Gasteiger partial charge is 0.458 e. The Kier molecular flexibility index (Phi) is 4.03. The third-order valence-electron chi connectivity index (χ3n) is 6.06. The van der Waals surface area contributed by atoms with Crippen molar-refractivity contribution >= 4 is 28.9 Å². The summed E-state index contributed by atoms with van der Waals surface area (Å²) in [4.78, 5) is 50.8. The molecule has 0 saturated carbocycles. The summed E-state index contributed by atoms with van der Waals surface area (Å²) >= 11 is 0. The third-order valence-corrected chi connectivity index (χ3v) is 6.06. The first kappa shape index (κ1) is 20.2. The molecule has 1 atom stereocenters. The zero-order valence-electron chi connectivity index (χ0n) is 16.3. The number of carbonyl (C=O) groups is 3. The molecule has 1 aromatic heterocycles. The quantitative estimate of drug-likeness (QED) is 0.390. The van der Waals surface area contributed by atoms with E-state index >= 15 is 0 Å². The van der Waals surface area contributed by atoms with Gasteiger partial charge in [0.05, 0.1) is 29.1 Å². The van der Waals surface area contributed by atoms with Crippen LogP contribution >= 0.6 is 0 Å². The molecule has 1 amide bonds. The van der Waals surface area contributed by atoms with Crippen LogP contribution in [0.2, 0.25) is 0 Å². The molecule has 3 aliphatic heterocycles. The van der Waals surface area contributed by atoms with Gasteiger partial charge < -0.3 is 19.7 Å². The maximum absolute atomic E-state index is 14.1. The molecule has 0 radical (unpaired) electrons. The normalized spacial score (nSPS) is 23.6. The maximum Gasteiger partial charge on any atom is 0.343 e. The number of nitrogens with zero attached hydrogens (tertiary/aromatic N) is 1. The number of hydrogen-bond acceptors (Lipinski definition) is 6. The number of ketones is 1. The number of esters is 1. The van der Waals surface area contributed by atoms with Gasteiger partial charge in [-0.05, 0) is 18.6 Å². The predicted octanol–water partition coefficient (Wildman–Crippen LogP) is 1.52. The van der Waals surface area contributed by atoms with Crippen molar-refractivity contribution in [1.82, 2.24) is 4.57 Å². The van der Waals surface area contributed by atoms with Gasteiger partial charge in [0.25, 0.3) is 11.5 Å². The number of carbonyl (C=O) groups excluding carboxylic acids is 3. The predicted molar refractivity (Wildman–Crippen MR) is 101 cm³/mol. The van der Waals surface area contributed by atoms with Gasteiger partial charge in [0.2, 0.25) is 5.78 Å². The van der Waals surface area contributed by atoms with Crippen LogP contribution in [0.3, 0.4) is 0 Å². The minimum absolute atomic E-state index is 0.0211. The average Bonchev–Trinajstić information content (AvgIpc) is 3.26. The Morgan fingerprint density at radius 3 is 2.56 bits per heavy atom. The fourth-order valence-electron chi connectivity index (χ4n) is 4.33. The molecule has 2 aromatic rings. The number of hydrogen-bond donors (Lipinski definition) is 2. The number of ether oxygens (including phenoxy) is 1. The van der Waals surface area contributed by atoms with E-state index < -0.39 is 65.1 Å². The Morgan fingerprint density at radius 2 is 1.88 bits per heavy atom. The minimum Gasteiger partial charge on any atom is -0.458 e. The number of aromatic nitrogens is 1. The number of pyridine rings is 1. The minimum atomic E-state index is -2.13. The highest BCUT2D eigenvalue weighted by atomic mass is 19.2. The second-order valence-corrected chi connectivity index (χ2v) is 7.65. The topological polar surface area (TPSA) is 115 Å². The summed E-state index contributed by atoms with van der Waals surface area (Å²) in [7, 11) is 0. The van der Waals surface area contributed by atoms with E-state index in [9.17, 15) is 37.5 Å². The first-order valence-electron chi connectivity index (χ1n) is 9.54. The van der Waals surface area contributed by atoms with Crippen LogP contribution < -0.4 is 10.9 Å². The Hall–Kier alpha value is -3.73. The van der Waals surface area contributed by atoms with Crippen molar-refractivity contribution in [3.8, 4) is 0 Å². The molecule has 11 heteroatoms. The van der Waals surface area contributed by atoms with Crippen LogP contribution in [0.1, 0.15) is 40.5 Å². The van der Waals surface area contributed by atoms with E-state index in [0.717, 1.165) is 4.57 Å². The molecule has 0 fully saturated rings. The lowest BCUT2D eigenvalue weighted by atomic mass is 9.86. The van der Waals surface area contributed by atoms with Crippen molar-refractivity contribution in [3.63, 3.8) is 0 Å². The summed E-state index contributed by atoms with van der Waals surface area (Å²) in [6.07, 6.45) is -0.121. The van der Waals surface area contributed by atoms with Crippen LogP contribution in [0, 0.1) is 17.5 Å². The highest BCUT2D eigenvalue weighted by Gasteiger charge is 2.46. The number of Topliss-reactive ketones (excluding diaryl/α,β-unsaturated/α-hetero) is 1. The summed E-state index contributed by atoms with van der Waals surface area (Å²) in [5, 5.41) is 12.8. The highest BCUT2D eigenvalue weighted by Crippen LogP contribution is 2.41. The van der Waals surface area contributed by atoms with E-state index in [4.69, 9.17) is 4.74 Å². The second-order valence-electron chi connectivity index (χ2n) is 7.65. The van der Waals surface area contributed by atoms with Crippen LogP contribution in [-0.4, -0.2) is 27.3 Å². The standard InChI is InChI=1S/C21H13F3N2O6/c1-2-21(31)10-4-12-17(27)8(5-26(12)19(29)9(10)6-32-20(21)30)13-7-3-11(22)14(23)15(24)16(7)25-18(13)28/h3-4,31H,2,5-6H2,1H3,(H,25,28)/b13-8+/t21-/m1/s1. The molecule has 8 nitrogen and oxygen atoms in total.